The van der Waals surface area contributed by atoms with Crippen LogP contribution in [0.5, 0.6) is 0 Å². The Morgan fingerprint density at radius 3 is 2.79 bits per heavy atom. The number of nitrogens with one attached hydrogen (secondary N) is 1. The lowest BCUT2D eigenvalue weighted by atomic mass is 10.00. The van der Waals surface area contributed by atoms with Crippen molar-refractivity contribution >= 4 is 10.0 Å². The van der Waals surface area contributed by atoms with Crippen molar-refractivity contribution in [1.29, 1.82) is 0 Å². The Hall–Kier alpha value is -0.170. The van der Waals surface area contributed by atoms with E-state index in [1.165, 1.54) is 6.26 Å². The first kappa shape index (κ1) is 16.9. The Kier molecular flexibility index (Phi) is 7.28. The molecule has 1 rings (SSSR count). The maximum atomic E-state index is 11.5. The van der Waals surface area contributed by atoms with E-state index in [1.807, 2.05) is 0 Å². The van der Waals surface area contributed by atoms with Gasteiger partial charge in [0, 0.05) is 26.2 Å². The van der Waals surface area contributed by atoms with Crippen LogP contribution in [0.3, 0.4) is 0 Å². The van der Waals surface area contributed by atoms with Crippen LogP contribution in [0.4, 0.5) is 0 Å². The molecule has 1 aliphatic rings. The van der Waals surface area contributed by atoms with Crippen LogP contribution in [0.25, 0.3) is 0 Å². The summed E-state index contributed by atoms with van der Waals surface area (Å²) in [5, 5.41) is 3.35. The standard InChI is InChI=1S/C13H28N2O3S/c1-12(2)11-18-8-6-14-9-13-5-4-7-15(10-13)19(3,16)17/h12-14H,4-11H2,1-3H3. The van der Waals surface area contributed by atoms with Crippen molar-refractivity contribution in [3.05, 3.63) is 0 Å². The molecule has 0 aromatic carbocycles. The van der Waals surface area contributed by atoms with Gasteiger partial charge in [-0.3, -0.25) is 0 Å². The predicted molar refractivity (Wildman–Crippen MR) is 77.7 cm³/mol. The van der Waals surface area contributed by atoms with E-state index in [0.29, 0.717) is 24.9 Å². The molecule has 1 heterocycles. The molecule has 0 bridgehead atoms. The van der Waals surface area contributed by atoms with Gasteiger partial charge in [-0.05, 0) is 31.2 Å². The fourth-order valence-corrected chi connectivity index (χ4v) is 3.21. The lowest BCUT2D eigenvalue weighted by Crippen LogP contribution is -2.42. The van der Waals surface area contributed by atoms with Gasteiger partial charge >= 0.3 is 0 Å². The van der Waals surface area contributed by atoms with Crippen LogP contribution < -0.4 is 5.32 Å². The van der Waals surface area contributed by atoms with E-state index < -0.39 is 10.0 Å². The molecule has 0 saturated carbocycles. The molecule has 0 radical (unpaired) electrons. The van der Waals surface area contributed by atoms with E-state index in [4.69, 9.17) is 4.74 Å². The molecule has 0 aromatic rings. The van der Waals surface area contributed by atoms with E-state index in [2.05, 4.69) is 19.2 Å². The zero-order valence-corrected chi connectivity index (χ0v) is 13.2. The van der Waals surface area contributed by atoms with Gasteiger partial charge in [0.15, 0.2) is 0 Å². The zero-order chi connectivity index (χ0) is 14.3. The van der Waals surface area contributed by atoms with Gasteiger partial charge in [-0.25, -0.2) is 12.7 Å². The number of sulfonamides is 1. The molecule has 0 spiro atoms. The summed E-state index contributed by atoms with van der Waals surface area (Å²) in [6.45, 7) is 8.82. The number of hydrogen-bond donors (Lipinski definition) is 1. The number of piperidine rings is 1. The Morgan fingerprint density at radius 1 is 1.42 bits per heavy atom. The van der Waals surface area contributed by atoms with Gasteiger partial charge in [-0.2, -0.15) is 0 Å². The molecule has 0 amide bonds. The highest BCUT2D eigenvalue weighted by molar-refractivity contribution is 7.88. The maximum absolute atomic E-state index is 11.5. The van der Waals surface area contributed by atoms with E-state index >= 15 is 0 Å². The fourth-order valence-electron chi connectivity index (χ4n) is 2.26. The van der Waals surface area contributed by atoms with Gasteiger partial charge in [0.05, 0.1) is 12.9 Å². The quantitative estimate of drug-likeness (QED) is 0.676. The highest BCUT2D eigenvalue weighted by Gasteiger charge is 2.25. The molecule has 1 N–H and O–H groups in total. The number of hydrogen-bond acceptors (Lipinski definition) is 4. The second-order valence-corrected chi connectivity index (χ2v) is 7.78. The third-order valence-corrected chi connectivity index (χ3v) is 4.53. The van der Waals surface area contributed by atoms with Crippen LogP contribution in [0.1, 0.15) is 26.7 Å². The Balaban J connectivity index is 2.13. The normalized spacial score (nSPS) is 22.0. The Morgan fingerprint density at radius 2 is 2.16 bits per heavy atom. The second kappa shape index (κ2) is 8.19. The average Bonchev–Trinajstić information content (AvgIpc) is 2.32. The third-order valence-electron chi connectivity index (χ3n) is 3.26. The second-order valence-electron chi connectivity index (χ2n) is 5.80. The predicted octanol–water partition coefficient (Wildman–Crippen LogP) is 0.920. The van der Waals surface area contributed by atoms with Crippen molar-refractivity contribution in [2.75, 3.05) is 45.6 Å². The van der Waals surface area contributed by atoms with Crippen molar-refractivity contribution in [2.24, 2.45) is 11.8 Å². The van der Waals surface area contributed by atoms with Gasteiger partial charge in [-0.15, -0.1) is 0 Å². The SMILES string of the molecule is CC(C)COCCNCC1CCCN(S(C)(=O)=O)C1. The molecule has 1 aliphatic heterocycles. The van der Waals surface area contributed by atoms with E-state index in [1.54, 1.807) is 4.31 Å². The summed E-state index contributed by atoms with van der Waals surface area (Å²) in [4.78, 5) is 0. The molecular weight excluding hydrogens is 264 g/mol. The van der Waals surface area contributed by atoms with Gasteiger partial charge in [-0.1, -0.05) is 13.8 Å². The van der Waals surface area contributed by atoms with Crippen molar-refractivity contribution in [2.45, 2.75) is 26.7 Å². The van der Waals surface area contributed by atoms with Gasteiger partial charge in [0.1, 0.15) is 0 Å². The average molecular weight is 292 g/mol. The number of nitrogens with zero attached hydrogens (tertiary/aromatic N) is 1. The summed E-state index contributed by atoms with van der Waals surface area (Å²) < 4.78 is 30.1. The summed E-state index contributed by atoms with van der Waals surface area (Å²) in [7, 11) is -3.03. The van der Waals surface area contributed by atoms with Crippen molar-refractivity contribution in [3.63, 3.8) is 0 Å². The van der Waals surface area contributed by atoms with Crippen LogP contribution in [-0.4, -0.2) is 58.4 Å². The highest BCUT2D eigenvalue weighted by Crippen LogP contribution is 2.17. The smallest absolute Gasteiger partial charge is 0.211 e. The zero-order valence-electron chi connectivity index (χ0n) is 12.4. The first-order valence-corrected chi connectivity index (χ1v) is 8.98. The molecule has 1 atom stereocenters. The van der Waals surface area contributed by atoms with E-state index in [0.717, 1.165) is 39.1 Å². The minimum atomic E-state index is -3.03. The lowest BCUT2D eigenvalue weighted by molar-refractivity contribution is 0.110. The maximum Gasteiger partial charge on any atom is 0.211 e. The molecule has 1 fully saturated rings. The molecule has 5 nitrogen and oxygen atoms in total. The monoisotopic (exact) mass is 292 g/mol. The van der Waals surface area contributed by atoms with Crippen LogP contribution in [0.15, 0.2) is 0 Å². The van der Waals surface area contributed by atoms with Gasteiger partial charge in [0.25, 0.3) is 0 Å². The first-order chi connectivity index (χ1) is 8.89. The molecule has 19 heavy (non-hydrogen) atoms. The third kappa shape index (κ3) is 7.25. The van der Waals surface area contributed by atoms with E-state index in [9.17, 15) is 8.42 Å². The minimum absolute atomic E-state index is 0.425. The van der Waals surface area contributed by atoms with Gasteiger partial charge in [0.2, 0.25) is 10.0 Å². The van der Waals surface area contributed by atoms with E-state index in [-0.39, 0.29) is 0 Å². The molecule has 0 aliphatic carbocycles. The minimum Gasteiger partial charge on any atom is -0.380 e. The summed E-state index contributed by atoms with van der Waals surface area (Å²) in [6.07, 6.45) is 3.36. The first-order valence-electron chi connectivity index (χ1n) is 7.13. The molecular formula is C13H28N2O3S. The van der Waals surface area contributed by atoms with Crippen molar-refractivity contribution in [3.8, 4) is 0 Å². The molecule has 1 saturated heterocycles. The molecule has 1 unspecified atom stereocenters. The van der Waals surface area contributed by atoms with Crippen LogP contribution in [0.2, 0.25) is 0 Å². The summed E-state index contributed by atoms with van der Waals surface area (Å²) in [5.74, 6) is 0.996. The van der Waals surface area contributed by atoms with Crippen molar-refractivity contribution < 1.29 is 13.2 Å². The Bertz CT molecular complexity index is 344. The summed E-state index contributed by atoms with van der Waals surface area (Å²) >= 11 is 0. The van der Waals surface area contributed by atoms with Crippen LogP contribution in [0, 0.1) is 11.8 Å². The molecule has 114 valence electrons. The summed E-state index contributed by atoms with van der Waals surface area (Å²) in [6, 6.07) is 0. The molecule has 6 heteroatoms. The lowest BCUT2D eigenvalue weighted by Gasteiger charge is -2.31. The fraction of sp³-hybridized carbons (Fsp3) is 1.00. The van der Waals surface area contributed by atoms with Crippen LogP contribution in [-0.2, 0) is 14.8 Å². The van der Waals surface area contributed by atoms with Crippen LogP contribution >= 0.6 is 0 Å². The molecule has 0 aromatic heterocycles. The number of ether oxygens (including phenoxy) is 1. The van der Waals surface area contributed by atoms with Crippen molar-refractivity contribution in [1.82, 2.24) is 9.62 Å². The number of rotatable bonds is 8. The topological polar surface area (TPSA) is 58.6 Å². The Labute approximate surface area is 117 Å². The highest BCUT2D eigenvalue weighted by atomic mass is 32.2. The summed E-state index contributed by atoms with van der Waals surface area (Å²) in [5.41, 5.74) is 0. The largest absolute Gasteiger partial charge is 0.380 e. The van der Waals surface area contributed by atoms with Gasteiger partial charge < -0.3 is 10.1 Å².